The van der Waals surface area contributed by atoms with Gasteiger partial charge < -0.3 is 14.2 Å². The van der Waals surface area contributed by atoms with Gasteiger partial charge in [0.25, 0.3) is 11.8 Å². The van der Waals surface area contributed by atoms with Crippen molar-refractivity contribution in [2.75, 3.05) is 13.7 Å². The lowest BCUT2D eigenvalue weighted by molar-refractivity contribution is -0.130. The average Bonchev–Trinajstić information content (AvgIpc) is 3.00. The lowest BCUT2D eigenvalue weighted by Gasteiger charge is -2.26. The number of hydrogen-bond acceptors (Lipinski definition) is 6. The minimum Gasteiger partial charge on any atom is -0.493 e. The van der Waals surface area contributed by atoms with Crippen molar-refractivity contribution in [2.24, 2.45) is 0 Å². The van der Waals surface area contributed by atoms with Gasteiger partial charge in [-0.05, 0) is 80.2 Å². The Morgan fingerprint density at radius 2 is 1.67 bits per heavy atom. The van der Waals surface area contributed by atoms with E-state index >= 15 is 0 Å². The third-order valence-corrected chi connectivity index (χ3v) is 7.37. The van der Waals surface area contributed by atoms with Crippen LogP contribution in [0.5, 0.6) is 17.2 Å². The maximum absolute atomic E-state index is 13.3. The topological polar surface area (TPSA) is 94.2 Å². The van der Waals surface area contributed by atoms with Gasteiger partial charge in [-0.2, -0.15) is 0 Å². The van der Waals surface area contributed by atoms with Gasteiger partial charge in [-0.15, -0.1) is 0 Å². The van der Waals surface area contributed by atoms with Crippen LogP contribution in [0.25, 0.3) is 16.8 Å². The molecular weight excluding hydrogens is 600 g/mol. The number of fused-ring (bicyclic) bond motifs is 1. The maximum Gasteiger partial charge on any atom is 0.331 e. The van der Waals surface area contributed by atoms with Crippen molar-refractivity contribution in [1.29, 1.82) is 0 Å². The average molecular weight is 630 g/mol. The molecule has 9 heteroatoms. The quantitative estimate of drug-likeness (QED) is 0.156. The van der Waals surface area contributed by atoms with Crippen LogP contribution in [0.4, 0.5) is 4.79 Å². The number of imide groups is 2. The summed E-state index contributed by atoms with van der Waals surface area (Å²) < 4.78 is 17.8. The summed E-state index contributed by atoms with van der Waals surface area (Å²) in [6.45, 7) is 2.85. The first kappa shape index (κ1) is 28.9. The van der Waals surface area contributed by atoms with Gasteiger partial charge in [-0.25, -0.2) is 4.79 Å². The van der Waals surface area contributed by atoms with Crippen molar-refractivity contribution in [3.05, 3.63) is 106 Å². The summed E-state index contributed by atoms with van der Waals surface area (Å²) >= 11 is 3.54. The highest BCUT2D eigenvalue weighted by Gasteiger charge is 2.35. The van der Waals surface area contributed by atoms with E-state index in [0.717, 1.165) is 27.7 Å². The van der Waals surface area contributed by atoms with Gasteiger partial charge in [0.05, 0.1) is 24.7 Å². The van der Waals surface area contributed by atoms with Crippen LogP contribution in [0.3, 0.4) is 0 Å². The van der Waals surface area contributed by atoms with Crippen LogP contribution < -0.4 is 19.5 Å². The molecule has 8 nitrogen and oxygen atoms in total. The number of halogens is 1. The van der Waals surface area contributed by atoms with Gasteiger partial charge in [0, 0.05) is 0 Å². The number of ether oxygens (including phenoxy) is 3. The summed E-state index contributed by atoms with van der Waals surface area (Å²) in [4.78, 5) is 39.6. The molecule has 1 aliphatic heterocycles. The molecule has 1 heterocycles. The lowest BCUT2D eigenvalue weighted by atomic mass is 10.1. The molecule has 5 rings (SSSR count). The van der Waals surface area contributed by atoms with E-state index in [2.05, 4.69) is 39.4 Å². The number of benzene rings is 4. The highest BCUT2D eigenvalue weighted by atomic mass is 79.9. The number of carbonyl (C=O) groups is 3. The van der Waals surface area contributed by atoms with Gasteiger partial charge in [0.2, 0.25) is 0 Å². The molecule has 0 spiro atoms. The number of rotatable bonds is 10. The summed E-state index contributed by atoms with van der Waals surface area (Å²) in [6, 6.07) is 23.9. The number of nitrogens with one attached hydrogen (secondary N) is 1. The van der Waals surface area contributed by atoms with Gasteiger partial charge in [-0.1, -0.05) is 61.5 Å². The monoisotopic (exact) mass is 628 g/mol. The number of hydrogen-bond donors (Lipinski definition) is 1. The van der Waals surface area contributed by atoms with Crippen molar-refractivity contribution >= 4 is 50.6 Å². The van der Waals surface area contributed by atoms with Crippen LogP contribution in [0.1, 0.15) is 30.0 Å². The number of carbonyl (C=O) groups excluding carboxylic acids is 3. The minimum atomic E-state index is -0.786. The molecule has 4 amide bonds. The molecule has 0 bridgehead atoms. The van der Waals surface area contributed by atoms with Crippen molar-refractivity contribution < 1.29 is 28.6 Å². The van der Waals surface area contributed by atoms with Crippen molar-refractivity contribution in [2.45, 2.75) is 26.5 Å². The second-order valence-electron chi connectivity index (χ2n) is 9.66. The van der Waals surface area contributed by atoms with E-state index in [1.54, 1.807) is 36.4 Å². The summed E-state index contributed by atoms with van der Waals surface area (Å²) in [5, 5.41) is 4.53. The maximum atomic E-state index is 13.3. The fourth-order valence-electron chi connectivity index (χ4n) is 4.63. The van der Waals surface area contributed by atoms with Crippen LogP contribution in [-0.2, 0) is 22.7 Å². The van der Waals surface area contributed by atoms with E-state index in [0.29, 0.717) is 46.1 Å². The summed E-state index contributed by atoms with van der Waals surface area (Å²) in [5.41, 5.74) is 2.14. The molecule has 4 aromatic carbocycles. The Bertz CT molecular complexity index is 1690. The molecule has 1 saturated heterocycles. The second kappa shape index (κ2) is 12.9. The Hall–Kier alpha value is -4.63. The largest absolute Gasteiger partial charge is 0.493 e. The first-order chi connectivity index (χ1) is 20.4. The molecule has 0 aliphatic carbocycles. The Morgan fingerprint density at radius 3 is 2.45 bits per heavy atom. The van der Waals surface area contributed by atoms with Crippen LogP contribution in [0.15, 0.2) is 88.9 Å². The molecule has 0 aromatic heterocycles. The van der Waals surface area contributed by atoms with E-state index in [-0.39, 0.29) is 12.1 Å². The van der Waals surface area contributed by atoms with Crippen LogP contribution in [-0.4, -0.2) is 36.5 Å². The van der Waals surface area contributed by atoms with Crippen molar-refractivity contribution in [1.82, 2.24) is 10.2 Å². The zero-order valence-corrected chi connectivity index (χ0v) is 24.8. The van der Waals surface area contributed by atoms with Crippen LogP contribution >= 0.6 is 15.9 Å². The standard InChI is InChI=1S/C33H29BrN2O6/c1-3-15-41-29-14-12-22(18-30(29)40-2)19-36-32(38)26(31(37)35-33(36)39)16-21-11-13-28(27(34)17-21)42-20-24-9-6-8-23-7-4-5-10-25(23)24/h4-14,16-18H,3,15,19-20H2,1-2H3,(H,35,37,39)/b26-16+. The van der Waals surface area contributed by atoms with Crippen LogP contribution in [0, 0.1) is 0 Å². The van der Waals surface area contributed by atoms with E-state index in [4.69, 9.17) is 14.2 Å². The van der Waals surface area contributed by atoms with E-state index in [9.17, 15) is 14.4 Å². The summed E-state index contributed by atoms with van der Waals surface area (Å²) in [7, 11) is 1.52. The van der Waals surface area contributed by atoms with Gasteiger partial charge in [0.1, 0.15) is 17.9 Å². The van der Waals surface area contributed by atoms with E-state index < -0.39 is 17.8 Å². The Morgan fingerprint density at radius 1 is 0.881 bits per heavy atom. The molecule has 0 unspecified atom stereocenters. The first-order valence-corrected chi connectivity index (χ1v) is 14.2. The molecule has 42 heavy (non-hydrogen) atoms. The smallest absolute Gasteiger partial charge is 0.331 e. The number of urea groups is 1. The molecule has 0 atom stereocenters. The second-order valence-corrected chi connectivity index (χ2v) is 10.5. The van der Waals surface area contributed by atoms with Gasteiger partial charge in [-0.3, -0.25) is 19.8 Å². The fourth-order valence-corrected chi connectivity index (χ4v) is 5.14. The molecule has 0 saturated carbocycles. The minimum absolute atomic E-state index is 0.0512. The Labute approximate surface area is 252 Å². The SMILES string of the molecule is CCCOc1ccc(CN2C(=O)NC(=O)/C(=C\c3ccc(OCc4cccc5ccccc45)c(Br)c3)C2=O)cc1OC. The van der Waals surface area contributed by atoms with Crippen molar-refractivity contribution in [3.8, 4) is 17.2 Å². The highest BCUT2D eigenvalue weighted by molar-refractivity contribution is 9.10. The normalized spacial score (nSPS) is 14.3. The molecule has 1 fully saturated rings. The molecule has 0 radical (unpaired) electrons. The summed E-state index contributed by atoms with van der Waals surface area (Å²) in [5.74, 6) is 0.228. The molecule has 214 valence electrons. The zero-order chi connectivity index (χ0) is 29.6. The number of barbiturate groups is 1. The van der Waals surface area contributed by atoms with Gasteiger partial charge >= 0.3 is 6.03 Å². The van der Waals surface area contributed by atoms with E-state index in [1.165, 1.54) is 13.2 Å². The Kier molecular flexibility index (Phi) is 8.88. The number of methoxy groups -OCH3 is 1. The number of amides is 4. The lowest BCUT2D eigenvalue weighted by Crippen LogP contribution is -2.53. The highest BCUT2D eigenvalue weighted by Crippen LogP contribution is 2.31. The Balaban J connectivity index is 1.32. The molecular formula is C33H29BrN2O6. The van der Waals surface area contributed by atoms with Crippen LogP contribution in [0.2, 0.25) is 0 Å². The number of nitrogens with zero attached hydrogens (tertiary/aromatic N) is 1. The predicted octanol–water partition coefficient (Wildman–Crippen LogP) is 6.64. The molecule has 4 aromatic rings. The molecule has 1 aliphatic rings. The van der Waals surface area contributed by atoms with E-state index in [1.807, 2.05) is 31.2 Å². The third-order valence-electron chi connectivity index (χ3n) is 6.75. The zero-order valence-electron chi connectivity index (χ0n) is 23.2. The fraction of sp³-hybridized carbons (Fsp3) is 0.182. The third kappa shape index (κ3) is 6.31. The van der Waals surface area contributed by atoms with Crippen molar-refractivity contribution in [3.63, 3.8) is 0 Å². The van der Waals surface area contributed by atoms with Gasteiger partial charge in [0.15, 0.2) is 11.5 Å². The predicted molar refractivity (Wildman–Crippen MR) is 163 cm³/mol. The molecule has 1 N–H and O–H groups in total. The first-order valence-electron chi connectivity index (χ1n) is 13.5. The summed E-state index contributed by atoms with van der Waals surface area (Å²) in [6.07, 6.45) is 2.30.